The summed E-state index contributed by atoms with van der Waals surface area (Å²) in [5.74, 6) is 0. The van der Waals surface area contributed by atoms with E-state index in [0.29, 0.717) is 16.1 Å². The van der Waals surface area contributed by atoms with E-state index in [1.165, 1.54) is 0 Å². The number of rotatable bonds is 3. The minimum Gasteiger partial charge on any atom is -0.277 e. The second-order valence-corrected chi connectivity index (χ2v) is 8.30. The summed E-state index contributed by atoms with van der Waals surface area (Å²) in [5.41, 5.74) is 3.58. The second kappa shape index (κ2) is 6.18. The minimum absolute atomic E-state index is 0.320. The topological polar surface area (TPSA) is 59.1 Å². The molecule has 6 heteroatoms. The van der Waals surface area contributed by atoms with Crippen molar-refractivity contribution < 1.29 is 8.42 Å². The summed E-state index contributed by atoms with van der Waals surface area (Å²) in [6, 6.07) is 11.0. The Kier molecular flexibility index (Phi) is 4.36. The molecule has 24 heavy (non-hydrogen) atoms. The monoisotopic (exact) mass is 404 g/mol. The molecule has 0 unspecified atom stereocenters. The van der Waals surface area contributed by atoms with E-state index in [2.05, 4.69) is 25.6 Å². The SMILES string of the molecule is Cc1cc(C)c(S(=O)(=O)Nc2ccc(Br)c3cccnc23)c(C)c1. The van der Waals surface area contributed by atoms with Crippen LogP contribution in [0.15, 0.2) is 52.0 Å². The molecule has 4 nitrogen and oxygen atoms in total. The molecule has 0 aliphatic carbocycles. The largest absolute Gasteiger partial charge is 0.277 e. The van der Waals surface area contributed by atoms with Gasteiger partial charge in [-0.05, 0) is 50.1 Å². The van der Waals surface area contributed by atoms with Gasteiger partial charge in [0.1, 0.15) is 0 Å². The molecule has 0 amide bonds. The fourth-order valence-electron chi connectivity index (χ4n) is 3.01. The molecule has 1 N–H and O–H groups in total. The number of hydrogen-bond acceptors (Lipinski definition) is 3. The van der Waals surface area contributed by atoms with E-state index < -0.39 is 10.0 Å². The Morgan fingerprint density at radius 1 is 1.04 bits per heavy atom. The minimum atomic E-state index is -3.70. The first kappa shape index (κ1) is 16.9. The lowest BCUT2D eigenvalue weighted by Crippen LogP contribution is -2.16. The van der Waals surface area contributed by atoms with E-state index >= 15 is 0 Å². The van der Waals surface area contributed by atoms with Crippen LogP contribution in [0.2, 0.25) is 0 Å². The van der Waals surface area contributed by atoms with Gasteiger partial charge in [-0.3, -0.25) is 9.71 Å². The summed E-state index contributed by atoms with van der Waals surface area (Å²) in [7, 11) is -3.70. The van der Waals surface area contributed by atoms with Crippen molar-refractivity contribution in [2.45, 2.75) is 25.7 Å². The molecule has 0 radical (unpaired) electrons. The van der Waals surface area contributed by atoms with Crippen LogP contribution in [0.25, 0.3) is 10.9 Å². The van der Waals surface area contributed by atoms with Gasteiger partial charge < -0.3 is 0 Å². The average Bonchev–Trinajstić information content (AvgIpc) is 2.49. The highest BCUT2D eigenvalue weighted by atomic mass is 79.9. The van der Waals surface area contributed by atoms with Crippen molar-refractivity contribution in [3.8, 4) is 0 Å². The molecular weight excluding hydrogens is 388 g/mol. The highest BCUT2D eigenvalue weighted by molar-refractivity contribution is 9.10. The van der Waals surface area contributed by atoms with Gasteiger partial charge in [-0.25, -0.2) is 8.42 Å². The van der Waals surface area contributed by atoms with E-state index in [0.717, 1.165) is 26.5 Å². The molecular formula is C18H17BrN2O2S. The summed E-state index contributed by atoms with van der Waals surface area (Å²) in [5, 5.41) is 0.857. The molecule has 0 aliphatic rings. The normalized spacial score (nSPS) is 11.7. The van der Waals surface area contributed by atoms with Crippen molar-refractivity contribution in [3.05, 3.63) is 63.8 Å². The van der Waals surface area contributed by atoms with E-state index in [4.69, 9.17) is 0 Å². The maximum atomic E-state index is 12.9. The molecule has 1 aromatic heterocycles. The first-order valence-corrected chi connectivity index (χ1v) is 9.71. The summed E-state index contributed by atoms with van der Waals surface area (Å²) in [6.07, 6.45) is 1.65. The molecule has 3 aromatic rings. The lowest BCUT2D eigenvalue weighted by Gasteiger charge is -2.15. The highest BCUT2D eigenvalue weighted by Crippen LogP contribution is 2.31. The smallest absolute Gasteiger partial charge is 0.262 e. The number of pyridine rings is 1. The van der Waals surface area contributed by atoms with Crippen LogP contribution in [0, 0.1) is 20.8 Å². The number of anilines is 1. The van der Waals surface area contributed by atoms with Crippen LogP contribution in [-0.2, 0) is 10.0 Å². The van der Waals surface area contributed by atoms with Crippen LogP contribution in [0.4, 0.5) is 5.69 Å². The Labute approximate surface area is 150 Å². The molecule has 0 fully saturated rings. The Balaban J connectivity index is 2.14. The Morgan fingerprint density at radius 2 is 1.71 bits per heavy atom. The van der Waals surface area contributed by atoms with Gasteiger partial charge in [0.2, 0.25) is 0 Å². The number of benzene rings is 2. The van der Waals surface area contributed by atoms with Gasteiger partial charge in [0.15, 0.2) is 0 Å². The number of aromatic nitrogens is 1. The lowest BCUT2D eigenvalue weighted by molar-refractivity contribution is 0.600. The zero-order chi connectivity index (χ0) is 17.5. The third kappa shape index (κ3) is 3.03. The van der Waals surface area contributed by atoms with Gasteiger partial charge in [-0.15, -0.1) is 0 Å². The fraction of sp³-hybridized carbons (Fsp3) is 0.167. The predicted octanol–water partition coefficient (Wildman–Crippen LogP) is 4.72. The van der Waals surface area contributed by atoms with Crippen LogP contribution in [0.1, 0.15) is 16.7 Å². The zero-order valence-corrected chi connectivity index (χ0v) is 16.0. The van der Waals surface area contributed by atoms with Crippen molar-refractivity contribution in [1.82, 2.24) is 4.98 Å². The maximum Gasteiger partial charge on any atom is 0.262 e. The van der Waals surface area contributed by atoms with E-state index in [-0.39, 0.29) is 0 Å². The van der Waals surface area contributed by atoms with Crippen molar-refractivity contribution in [2.24, 2.45) is 0 Å². The molecule has 0 saturated heterocycles. The van der Waals surface area contributed by atoms with Crippen molar-refractivity contribution >= 4 is 42.5 Å². The van der Waals surface area contributed by atoms with Gasteiger partial charge in [0.05, 0.1) is 16.1 Å². The molecule has 3 rings (SSSR count). The number of sulfonamides is 1. The Morgan fingerprint density at radius 3 is 2.38 bits per heavy atom. The molecule has 0 saturated carbocycles. The van der Waals surface area contributed by atoms with Gasteiger partial charge in [-0.2, -0.15) is 0 Å². The summed E-state index contributed by atoms with van der Waals surface area (Å²) in [4.78, 5) is 4.64. The number of fused-ring (bicyclic) bond motifs is 1. The molecule has 124 valence electrons. The Hall–Kier alpha value is -1.92. The second-order valence-electron chi connectivity index (χ2n) is 5.83. The van der Waals surface area contributed by atoms with E-state index in [1.54, 1.807) is 12.3 Å². The molecule has 0 bridgehead atoms. The summed E-state index contributed by atoms with van der Waals surface area (Å²) in [6.45, 7) is 5.58. The molecule has 0 aliphatic heterocycles. The highest BCUT2D eigenvalue weighted by Gasteiger charge is 2.21. The molecule has 2 aromatic carbocycles. The fourth-order valence-corrected chi connectivity index (χ4v) is 4.98. The lowest BCUT2D eigenvalue weighted by atomic mass is 10.1. The third-order valence-electron chi connectivity index (χ3n) is 3.83. The van der Waals surface area contributed by atoms with Crippen LogP contribution >= 0.6 is 15.9 Å². The van der Waals surface area contributed by atoms with E-state index in [1.807, 2.05) is 51.1 Å². The van der Waals surface area contributed by atoms with Crippen LogP contribution in [-0.4, -0.2) is 13.4 Å². The number of halogens is 1. The van der Waals surface area contributed by atoms with Crippen LogP contribution in [0.3, 0.4) is 0 Å². The van der Waals surface area contributed by atoms with Crippen molar-refractivity contribution in [2.75, 3.05) is 4.72 Å². The Bertz CT molecular complexity index is 1020. The van der Waals surface area contributed by atoms with Gasteiger partial charge in [0.25, 0.3) is 10.0 Å². The molecule has 1 heterocycles. The number of aryl methyl sites for hydroxylation is 3. The first-order valence-electron chi connectivity index (χ1n) is 7.43. The number of nitrogens with zero attached hydrogens (tertiary/aromatic N) is 1. The summed E-state index contributed by atoms with van der Waals surface area (Å²) < 4.78 is 29.4. The van der Waals surface area contributed by atoms with Crippen molar-refractivity contribution in [1.29, 1.82) is 0 Å². The standard InChI is InChI=1S/C18H17BrN2O2S/c1-11-9-12(2)18(13(3)10-11)24(22,23)21-16-7-6-15(19)14-5-4-8-20-17(14)16/h4-10,21H,1-3H3. The van der Waals surface area contributed by atoms with Crippen molar-refractivity contribution in [3.63, 3.8) is 0 Å². The third-order valence-corrected chi connectivity index (χ3v) is 6.20. The average molecular weight is 405 g/mol. The quantitative estimate of drug-likeness (QED) is 0.686. The first-order chi connectivity index (χ1) is 11.3. The predicted molar refractivity (Wildman–Crippen MR) is 101 cm³/mol. The zero-order valence-electron chi connectivity index (χ0n) is 13.6. The summed E-state index contributed by atoms with van der Waals surface area (Å²) >= 11 is 3.47. The van der Waals surface area contributed by atoms with Gasteiger partial charge in [-0.1, -0.05) is 39.7 Å². The van der Waals surface area contributed by atoms with Gasteiger partial charge in [0, 0.05) is 16.1 Å². The van der Waals surface area contributed by atoms with Gasteiger partial charge >= 0.3 is 0 Å². The number of hydrogen-bond donors (Lipinski definition) is 1. The molecule has 0 spiro atoms. The van der Waals surface area contributed by atoms with Crippen LogP contribution < -0.4 is 4.72 Å². The molecule has 0 atom stereocenters. The number of nitrogens with one attached hydrogen (secondary N) is 1. The maximum absolute atomic E-state index is 12.9. The van der Waals surface area contributed by atoms with Crippen LogP contribution in [0.5, 0.6) is 0 Å². The van der Waals surface area contributed by atoms with E-state index in [9.17, 15) is 8.42 Å².